The van der Waals surface area contributed by atoms with Gasteiger partial charge in [-0.05, 0) is 64.2 Å². The molecule has 0 rings (SSSR count). The third-order valence-corrected chi connectivity index (χ3v) is 10.6. The molecule has 0 aliphatic rings. The molecule has 0 amide bonds. The summed E-state index contributed by atoms with van der Waals surface area (Å²) in [7, 11) is 5.53. The zero-order valence-electron chi connectivity index (χ0n) is 37.3. The van der Waals surface area contributed by atoms with Crippen LogP contribution < -0.4 is 0 Å². The number of esters is 2. The number of hydrogen-bond donors (Lipinski definition) is 1. The summed E-state index contributed by atoms with van der Waals surface area (Å²) in [6.45, 7) is 4.72. The van der Waals surface area contributed by atoms with Crippen molar-refractivity contribution < 1.29 is 38.2 Å². The monoisotopic (exact) mass is 793 g/mol. The smallest absolute Gasteiger partial charge is 0.362 e. The van der Waals surface area contributed by atoms with Crippen LogP contribution >= 0.6 is 0 Å². The Kier molecular flexibility index (Phi) is 38.1. The maximum absolute atomic E-state index is 12.7. The highest BCUT2D eigenvalue weighted by atomic mass is 16.6. The molecule has 1 N–H and O–H groups in total. The van der Waals surface area contributed by atoms with Gasteiger partial charge in [0.1, 0.15) is 6.61 Å². The molecule has 0 aromatic heterocycles. The SMILES string of the molecule is CCCCC/C=C/CCCCCCCC(=O)OCC(COCCC(C(=O)O)[N+](C)(C)C)OC(=O)CCCCCCCCC/C=C/CCCCCCCCCCC. The lowest BCUT2D eigenvalue weighted by Gasteiger charge is -2.31. The lowest BCUT2D eigenvalue weighted by Crippen LogP contribution is -2.50. The molecule has 8 nitrogen and oxygen atoms in total. The van der Waals surface area contributed by atoms with Gasteiger partial charge in [-0.15, -0.1) is 0 Å². The summed E-state index contributed by atoms with van der Waals surface area (Å²) in [5.74, 6) is -1.48. The highest BCUT2D eigenvalue weighted by Crippen LogP contribution is 2.15. The number of quaternary nitrogens is 1. The van der Waals surface area contributed by atoms with E-state index in [1.54, 1.807) is 0 Å². The van der Waals surface area contributed by atoms with Crippen LogP contribution in [0.1, 0.15) is 213 Å². The number of aliphatic carboxylic acids is 1. The van der Waals surface area contributed by atoms with Gasteiger partial charge in [0, 0.05) is 19.3 Å². The van der Waals surface area contributed by atoms with E-state index in [-0.39, 0.29) is 36.2 Å². The van der Waals surface area contributed by atoms with Crippen molar-refractivity contribution in [3.8, 4) is 0 Å². The van der Waals surface area contributed by atoms with E-state index < -0.39 is 18.1 Å². The molecule has 0 aliphatic carbocycles. The van der Waals surface area contributed by atoms with Crippen molar-refractivity contribution in [2.24, 2.45) is 0 Å². The van der Waals surface area contributed by atoms with Crippen LogP contribution in [0.2, 0.25) is 0 Å². The lowest BCUT2D eigenvalue weighted by atomic mass is 10.1. The Bertz CT molecular complexity index is 973. The van der Waals surface area contributed by atoms with Crippen molar-refractivity contribution in [3.63, 3.8) is 0 Å². The molecular weight excluding hydrogens is 703 g/mol. The second-order valence-corrected chi connectivity index (χ2v) is 17.0. The Morgan fingerprint density at radius 1 is 0.518 bits per heavy atom. The average molecular weight is 793 g/mol. The summed E-state index contributed by atoms with van der Waals surface area (Å²) >= 11 is 0. The van der Waals surface area contributed by atoms with Crippen LogP contribution in [-0.4, -0.2) is 80.6 Å². The first-order valence-corrected chi connectivity index (χ1v) is 23.4. The Labute approximate surface area is 345 Å². The van der Waals surface area contributed by atoms with Crippen molar-refractivity contribution in [1.29, 1.82) is 0 Å². The number of carbonyl (C=O) groups excluding carboxylic acids is 2. The van der Waals surface area contributed by atoms with Gasteiger partial charge < -0.3 is 23.8 Å². The van der Waals surface area contributed by atoms with Crippen molar-refractivity contribution >= 4 is 17.9 Å². The average Bonchev–Trinajstić information content (AvgIpc) is 3.15. The van der Waals surface area contributed by atoms with Crippen molar-refractivity contribution in [1.82, 2.24) is 0 Å². The molecule has 0 spiro atoms. The van der Waals surface area contributed by atoms with E-state index in [9.17, 15) is 19.5 Å². The highest BCUT2D eigenvalue weighted by Gasteiger charge is 2.31. The van der Waals surface area contributed by atoms with E-state index >= 15 is 0 Å². The standard InChI is InChI=1S/C48H89NO7/c1-6-8-10-12-14-16-18-20-21-22-23-24-25-26-27-29-31-33-35-37-39-47(51)56-44(42-54-41-40-45(48(52)53)49(3,4)5)43-55-46(50)38-36-34-32-30-28-19-17-15-13-11-9-7-2/h15,17,23-24,44-45H,6-14,16,18-22,25-43H2,1-5H3/p+1/b17-15+,24-23+. The van der Waals surface area contributed by atoms with E-state index in [1.807, 2.05) is 21.1 Å². The zero-order chi connectivity index (χ0) is 41.4. The predicted octanol–water partition coefficient (Wildman–Crippen LogP) is 12.9. The normalized spacial score (nSPS) is 13.1. The molecule has 0 saturated carbocycles. The first kappa shape index (κ1) is 53.8. The maximum atomic E-state index is 12.7. The fourth-order valence-corrected chi connectivity index (χ4v) is 6.90. The highest BCUT2D eigenvalue weighted by molar-refractivity contribution is 5.72. The Balaban J connectivity index is 4.27. The summed E-state index contributed by atoms with van der Waals surface area (Å²) in [4.78, 5) is 37.0. The van der Waals surface area contributed by atoms with Gasteiger partial charge in [0.2, 0.25) is 0 Å². The quantitative estimate of drug-likeness (QED) is 0.0284. The van der Waals surface area contributed by atoms with E-state index in [0.29, 0.717) is 19.3 Å². The van der Waals surface area contributed by atoms with E-state index in [2.05, 4.69) is 38.2 Å². The third kappa shape index (κ3) is 37.4. The van der Waals surface area contributed by atoms with Gasteiger partial charge in [0.05, 0.1) is 34.4 Å². The summed E-state index contributed by atoms with van der Waals surface area (Å²) in [5, 5.41) is 9.62. The van der Waals surface area contributed by atoms with Crippen molar-refractivity contribution in [2.75, 3.05) is 41.0 Å². The first-order valence-electron chi connectivity index (χ1n) is 23.4. The molecule has 8 heteroatoms. The molecule has 0 aromatic carbocycles. The largest absolute Gasteiger partial charge is 0.477 e. The molecule has 0 fully saturated rings. The van der Waals surface area contributed by atoms with Crippen molar-refractivity contribution in [3.05, 3.63) is 24.3 Å². The van der Waals surface area contributed by atoms with Crippen LogP contribution in [0.3, 0.4) is 0 Å². The zero-order valence-corrected chi connectivity index (χ0v) is 37.3. The molecule has 56 heavy (non-hydrogen) atoms. The van der Waals surface area contributed by atoms with Crippen LogP contribution in [0.4, 0.5) is 0 Å². The molecular formula is C48H90NO7+. The molecule has 0 aliphatic heterocycles. The second-order valence-electron chi connectivity index (χ2n) is 17.0. The first-order chi connectivity index (χ1) is 27.1. The lowest BCUT2D eigenvalue weighted by molar-refractivity contribution is -0.887. The number of carboxylic acid groups (broad SMARTS) is 1. The number of allylic oxidation sites excluding steroid dienone is 4. The van der Waals surface area contributed by atoms with E-state index in [4.69, 9.17) is 14.2 Å². The molecule has 2 atom stereocenters. The fourth-order valence-electron chi connectivity index (χ4n) is 6.90. The summed E-state index contributed by atoms with van der Waals surface area (Å²) in [6, 6.07) is -0.614. The van der Waals surface area contributed by atoms with Crippen LogP contribution in [0, 0.1) is 0 Å². The minimum absolute atomic E-state index is 0.0543. The Hall–Kier alpha value is -2.19. The van der Waals surface area contributed by atoms with E-state index in [1.165, 1.54) is 128 Å². The molecule has 0 radical (unpaired) electrons. The van der Waals surface area contributed by atoms with Gasteiger partial charge >= 0.3 is 17.9 Å². The molecule has 0 aromatic rings. The van der Waals surface area contributed by atoms with Gasteiger partial charge in [0.25, 0.3) is 0 Å². The van der Waals surface area contributed by atoms with Gasteiger partial charge in [-0.25, -0.2) is 4.79 Å². The summed E-state index contributed by atoms with van der Waals surface area (Å²) < 4.78 is 17.3. The summed E-state index contributed by atoms with van der Waals surface area (Å²) in [6.07, 6.45) is 43.6. The van der Waals surface area contributed by atoms with E-state index in [0.717, 1.165) is 51.4 Å². The maximum Gasteiger partial charge on any atom is 0.362 e. The predicted molar refractivity (Wildman–Crippen MR) is 234 cm³/mol. The fraction of sp³-hybridized carbons (Fsp3) is 0.854. The topological polar surface area (TPSA) is 99.1 Å². The molecule has 0 saturated heterocycles. The van der Waals surface area contributed by atoms with Crippen LogP contribution in [-0.2, 0) is 28.6 Å². The van der Waals surface area contributed by atoms with Crippen LogP contribution in [0.25, 0.3) is 0 Å². The third-order valence-electron chi connectivity index (χ3n) is 10.6. The summed E-state index contributed by atoms with van der Waals surface area (Å²) in [5.41, 5.74) is 0. The second kappa shape index (κ2) is 39.6. The van der Waals surface area contributed by atoms with Crippen molar-refractivity contribution in [2.45, 2.75) is 225 Å². The van der Waals surface area contributed by atoms with Gasteiger partial charge in [0.15, 0.2) is 12.1 Å². The minimum Gasteiger partial charge on any atom is -0.477 e. The number of unbranched alkanes of at least 4 members (excludes halogenated alkanes) is 24. The number of carbonyl (C=O) groups is 3. The molecule has 0 bridgehead atoms. The molecule has 2 unspecified atom stereocenters. The molecule has 0 heterocycles. The Morgan fingerprint density at radius 2 is 0.893 bits per heavy atom. The van der Waals surface area contributed by atoms with Crippen LogP contribution in [0.15, 0.2) is 24.3 Å². The minimum atomic E-state index is -0.875. The number of carboxylic acids is 1. The molecule has 328 valence electrons. The number of rotatable bonds is 42. The van der Waals surface area contributed by atoms with Crippen LogP contribution in [0.5, 0.6) is 0 Å². The number of likely N-dealkylation sites (N-methyl/N-ethyl adjacent to an activating group) is 1. The van der Waals surface area contributed by atoms with Gasteiger partial charge in [-0.2, -0.15) is 0 Å². The number of ether oxygens (including phenoxy) is 3. The number of hydrogen-bond acceptors (Lipinski definition) is 6. The van der Waals surface area contributed by atoms with Gasteiger partial charge in [-0.3, -0.25) is 9.59 Å². The number of nitrogens with zero attached hydrogens (tertiary/aromatic N) is 1. The Morgan fingerprint density at radius 3 is 1.32 bits per heavy atom. The van der Waals surface area contributed by atoms with Gasteiger partial charge in [-0.1, -0.05) is 154 Å².